The Bertz CT molecular complexity index is 767. The minimum Gasteiger partial charge on any atom is -0.480 e. The van der Waals surface area contributed by atoms with Crippen molar-refractivity contribution in [3.8, 4) is 11.1 Å². The summed E-state index contributed by atoms with van der Waals surface area (Å²) in [5.41, 5.74) is 1.73. The van der Waals surface area contributed by atoms with E-state index in [0.717, 1.165) is 5.56 Å². The van der Waals surface area contributed by atoms with E-state index in [0.29, 0.717) is 23.3 Å². The Balaban J connectivity index is 2.13. The number of rotatable bonds is 8. The molecule has 0 aliphatic heterocycles. The van der Waals surface area contributed by atoms with Gasteiger partial charge in [0, 0.05) is 5.56 Å². The van der Waals surface area contributed by atoms with Crippen molar-refractivity contribution >= 4 is 23.6 Å². The molecular weight excluding hydrogens is 353 g/mol. The molecule has 2 N–H and O–H groups in total. The lowest BCUT2D eigenvalue weighted by Gasteiger charge is -2.18. The second-order valence-electron chi connectivity index (χ2n) is 6.01. The van der Waals surface area contributed by atoms with Crippen LogP contribution in [-0.4, -0.2) is 35.0 Å². The molecule has 26 heavy (non-hydrogen) atoms. The second kappa shape index (κ2) is 9.38. The number of amides is 1. The lowest BCUT2D eigenvalue weighted by atomic mass is 9.96. The number of hydrogen-bond donors (Lipinski definition) is 2. The predicted molar refractivity (Wildman–Crippen MR) is 103 cm³/mol. The van der Waals surface area contributed by atoms with E-state index in [2.05, 4.69) is 5.32 Å². The zero-order valence-corrected chi connectivity index (χ0v) is 15.6. The molecule has 0 aromatic heterocycles. The van der Waals surface area contributed by atoms with Crippen LogP contribution in [0.1, 0.15) is 24.8 Å². The predicted octanol–water partition coefficient (Wildman–Crippen LogP) is 3.92. The molecule has 0 bridgehead atoms. The molecule has 2 unspecified atom stereocenters. The van der Waals surface area contributed by atoms with Gasteiger partial charge in [0.25, 0.3) is 0 Å². The molecule has 4 nitrogen and oxygen atoms in total. The fourth-order valence-electron chi connectivity index (χ4n) is 2.59. The molecule has 1 amide bonds. The van der Waals surface area contributed by atoms with Crippen LogP contribution in [0.15, 0.2) is 48.5 Å². The van der Waals surface area contributed by atoms with Crippen LogP contribution in [0.25, 0.3) is 11.1 Å². The monoisotopic (exact) mass is 375 g/mol. The molecule has 2 atom stereocenters. The van der Waals surface area contributed by atoms with Crippen LogP contribution in [0.4, 0.5) is 4.39 Å². The molecule has 6 heteroatoms. The minimum absolute atomic E-state index is 0.344. The third kappa shape index (κ3) is 5.08. The first-order chi connectivity index (χ1) is 12.4. The Morgan fingerprint density at radius 2 is 1.88 bits per heavy atom. The molecule has 0 heterocycles. The average molecular weight is 375 g/mol. The zero-order valence-electron chi connectivity index (χ0n) is 14.7. The van der Waals surface area contributed by atoms with Crippen LogP contribution in [0.3, 0.4) is 0 Å². The SMILES string of the molecule is CSCCC(NC(=O)C(C)c1ccc(-c2ccccc2)c(F)c1)C(=O)O. The van der Waals surface area contributed by atoms with Crippen LogP contribution in [-0.2, 0) is 9.59 Å². The standard InChI is InChI=1S/C20H22FNO3S/c1-13(19(23)22-18(20(24)25)10-11-26-2)15-8-9-16(17(21)12-15)14-6-4-3-5-7-14/h3-9,12-13,18H,10-11H2,1-2H3,(H,22,23)(H,24,25). The lowest BCUT2D eigenvalue weighted by Crippen LogP contribution is -2.42. The summed E-state index contributed by atoms with van der Waals surface area (Å²) in [6.07, 6.45) is 2.22. The van der Waals surface area contributed by atoms with Gasteiger partial charge >= 0.3 is 5.97 Å². The first-order valence-corrected chi connectivity index (χ1v) is 9.70. The molecule has 0 aliphatic carbocycles. The van der Waals surface area contributed by atoms with Crippen molar-refractivity contribution in [2.24, 2.45) is 0 Å². The Morgan fingerprint density at radius 1 is 1.19 bits per heavy atom. The number of nitrogens with one attached hydrogen (secondary N) is 1. The van der Waals surface area contributed by atoms with E-state index < -0.39 is 29.7 Å². The van der Waals surface area contributed by atoms with Gasteiger partial charge in [-0.1, -0.05) is 42.5 Å². The van der Waals surface area contributed by atoms with Gasteiger partial charge < -0.3 is 10.4 Å². The molecular formula is C20H22FNO3S. The molecule has 0 aliphatic rings. The fraction of sp³-hybridized carbons (Fsp3) is 0.300. The van der Waals surface area contributed by atoms with Crippen LogP contribution >= 0.6 is 11.8 Å². The van der Waals surface area contributed by atoms with Crippen molar-refractivity contribution < 1.29 is 19.1 Å². The number of carbonyl (C=O) groups is 2. The van der Waals surface area contributed by atoms with Gasteiger partial charge in [0.15, 0.2) is 0 Å². The van der Waals surface area contributed by atoms with Crippen molar-refractivity contribution in [1.29, 1.82) is 0 Å². The highest BCUT2D eigenvalue weighted by Crippen LogP contribution is 2.26. The van der Waals surface area contributed by atoms with Crippen LogP contribution in [0.2, 0.25) is 0 Å². The van der Waals surface area contributed by atoms with Gasteiger partial charge in [-0.3, -0.25) is 4.79 Å². The summed E-state index contributed by atoms with van der Waals surface area (Å²) in [7, 11) is 0. The lowest BCUT2D eigenvalue weighted by molar-refractivity contribution is -0.142. The first-order valence-electron chi connectivity index (χ1n) is 8.31. The molecule has 0 fully saturated rings. The summed E-state index contributed by atoms with van der Waals surface area (Å²) in [5.74, 6) is -1.92. The Morgan fingerprint density at radius 3 is 2.46 bits per heavy atom. The maximum Gasteiger partial charge on any atom is 0.326 e. The highest BCUT2D eigenvalue weighted by atomic mass is 32.2. The Kier molecular flexibility index (Phi) is 7.21. The van der Waals surface area contributed by atoms with Gasteiger partial charge in [-0.25, -0.2) is 9.18 Å². The quantitative estimate of drug-likeness (QED) is 0.734. The van der Waals surface area contributed by atoms with E-state index in [-0.39, 0.29) is 0 Å². The maximum absolute atomic E-state index is 14.5. The van der Waals surface area contributed by atoms with E-state index in [1.807, 2.05) is 36.6 Å². The molecule has 0 saturated carbocycles. The van der Waals surface area contributed by atoms with Crippen LogP contribution in [0, 0.1) is 5.82 Å². The van der Waals surface area contributed by atoms with E-state index >= 15 is 0 Å². The van der Waals surface area contributed by atoms with Gasteiger partial charge in [-0.15, -0.1) is 0 Å². The number of aliphatic carboxylic acids is 1. The first kappa shape index (κ1) is 20.0. The molecule has 2 aromatic carbocycles. The number of hydrogen-bond acceptors (Lipinski definition) is 3. The number of carbonyl (C=O) groups excluding carboxylic acids is 1. The topological polar surface area (TPSA) is 66.4 Å². The van der Waals surface area contributed by atoms with Crippen molar-refractivity contribution in [1.82, 2.24) is 5.32 Å². The van der Waals surface area contributed by atoms with E-state index in [1.54, 1.807) is 19.1 Å². The number of halogens is 1. The second-order valence-corrected chi connectivity index (χ2v) is 6.99. The smallest absolute Gasteiger partial charge is 0.326 e. The van der Waals surface area contributed by atoms with E-state index in [4.69, 9.17) is 0 Å². The number of carboxylic acids is 1. The highest BCUT2D eigenvalue weighted by molar-refractivity contribution is 7.98. The minimum atomic E-state index is -1.06. The highest BCUT2D eigenvalue weighted by Gasteiger charge is 2.24. The Hall–Kier alpha value is -2.34. The fourth-order valence-corrected chi connectivity index (χ4v) is 3.07. The molecule has 0 radical (unpaired) electrons. The number of thioether (sulfide) groups is 1. The maximum atomic E-state index is 14.5. The van der Waals surface area contributed by atoms with Gasteiger partial charge in [0.2, 0.25) is 5.91 Å². The summed E-state index contributed by atoms with van der Waals surface area (Å²) < 4.78 is 14.5. The van der Waals surface area contributed by atoms with Crippen LogP contribution in [0.5, 0.6) is 0 Å². The van der Waals surface area contributed by atoms with Gasteiger partial charge in [0.05, 0.1) is 5.92 Å². The van der Waals surface area contributed by atoms with Crippen molar-refractivity contribution in [3.63, 3.8) is 0 Å². The van der Waals surface area contributed by atoms with Crippen molar-refractivity contribution in [2.75, 3.05) is 12.0 Å². The zero-order chi connectivity index (χ0) is 19.1. The van der Waals surface area contributed by atoms with Gasteiger partial charge in [0.1, 0.15) is 11.9 Å². The van der Waals surface area contributed by atoms with Gasteiger partial charge in [-0.05, 0) is 42.5 Å². The van der Waals surface area contributed by atoms with E-state index in [1.165, 1.54) is 17.8 Å². The summed E-state index contributed by atoms with van der Waals surface area (Å²) in [6.45, 7) is 1.64. The van der Waals surface area contributed by atoms with E-state index in [9.17, 15) is 19.1 Å². The molecule has 0 spiro atoms. The number of carboxylic acid groups (broad SMARTS) is 1. The Labute approximate surface area is 156 Å². The molecule has 0 saturated heterocycles. The molecule has 2 aromatic rings. The third-order valence-electron chi connectivity index (χ3n) is 4.20. The average Bonchev–Trinajstić information content (AvgIpc) is 2.64. The summed E-state index contributed by atoms with van der Waals surface area (Å²) in [4.78, 5) is 23.7. The number of benzene rings is 2. The normalized spacial score (nSPS) is 13.0. The molecule has 2 rings (SSSR count). The van der Waals surface area contributed by atoms with Crippen molar-refractivity contribution in [2.45, 2.75) is 25.3 Å². The summed E-state index contributed by atoms with van der Waals surface area (Å²) >= 11 is 1.52. The van der Waals surface area contributed by atoms with Crippen molar-refractivity contribution in [3.05, 3.63) is 59.9 Å². The summed E-state index contributed by atoms with van der Waals surface area (Å²) in [5, 5.41) is 11.8. The largest absolute Gasteiger partial charge is 0.480 e. The van der Waals surface area contributed by atoms with Crippen LogP contribution < -0.4 is 5.32 Å². The van der Waals surface area contributed by atoms with Gasteiger partial charge in [-0.2, -0.15) is 11.8 Å². The third-order valence-corrected chi connectivity index (χ3v) is 4.84. The summed E-state index contributed by atoms with van der Waals surface area (Å²) in [6, 6.07) is 12.9. The molecule has 138 valence electrons.